The number of hydrogen-bond donors (Lipinski definition) is 1. The standard InChI is InChI=1S/C13H19BrN2O/c1-8-6-11(7-9(2)12(8)14)15-13(17)10(3)16(4)5/h6-7,10H,1-5H3,(H,15,17). The molecule has 1 rings (SSSR count). The molecule has 0 aromatic heterocycles. The molecule has 0 spiro atoms. The Labute approximate surface area is 111 Å². The number of carbonyl (C=O) groups is 1. The van der Waals surface area contributed by atoms with Crippen LogP contribution in [0.5, 0.6) is 0 Å². The molecule has 0 fully saturated rings. The number of carbonyl (C=O) groups excluding carboxylic acids is 1. The molecule has 0 radical (unpaired) electrons. The Morgan fingerprint density at radius 2 is 1.76 bits per heavy atom. The third-order valence-corrected chi connectivity index (χ3v) is 4.11. The van der Waals surface area contributed by atoms with Gasteiger partial charge in [-0.3, -0.25) is 9.69 Å². The minimum Gasteiger partial charge on any atom is -0.325 e. The van der Waals surface area contributed by atoms with Crippen molar-refractivity contribution < 1.29 is 4.79 Å². The fourth-order valence-corrected chi connectivity index (χ4v) is 1.73. The second kappa shape index (κ2) is 5.65. The lowest BCUT2D eigenvalue weighted by Crippen LogP contribution is -2.37. The molecule has 0 aliphatic carbocycles. The summed E-state index contributed by atoms with van der Waals surface area (Å²) in [6.07, 6.45) is 0. The quantitative estimate of drug-likeness (QED) is 0.930. The van der Waals surface area contributed by atoms with Gasteiger partial charge in [0.15, 0.2) is 0 Å². The third kappa shape index (κ3) is 3.54. The smallest absolute Gasteiger partial charge is 0.241 e. The van der Waals surface area contributed by atoms with Crippen LogP contribution in [0, 0.1) is 13.8 Å². The predicted octanol–water partition coefficient (Wildman–Crippen LogP) is 2.95. The molecule has 0 bridgehead atoms. The first-order chi connectivity index (χ1) is 7.82. The summed E-state index contributed by atoms with van der Waals surface area (Å²) in [4.78, 5) is 13.8. The van der Waals surface area contributed by atoms with Crippen LogP contribution in [0.2, 0.25) is 0 Å². The van der Waals surface area contributed by atoms with Gasteiger partial charge < -0.3 is 5.32 Å². The summed E-state index contributed by atoms with van der Waals surface area (Å²) in [5, 5.41) is 2.93. The Morgan fingerprint density at radius 1 is 1.29 bits per heavy atom. The number of aryl methyl sites for hydroxylation is 2. The number of likely N-dealkylation sites (N-methyl/N-ethyl adjacent to an activating group) is 1. The molecule has 3 nitrogen and oxygen atoms in total. The first kappa shape index (κ1) is 14.2. The molecule has 0 saturated carbocycles. The largest absolute Gasteiger partial charge is 0.325 e. The second-order valence-electron chi connectivity index (χ2n) is 4.55. The van der Waals surface area contributed by atoms with Crippen molar-refractivity contribution in [3.8, 4) is 0 Å². The number of rotatable bonds is 3. The van der Waals surface area contributed by atoms with Crippen molar-refractivity contribution in [2.24, 2.45) is 0 Å². The number of nitrogens with zero attached hydrogens (tertiary/aromatic N) is 1. The van der Waals surface area contributed by atoms with Gasteiger partial charge in [-0.25, -0.2) is 0 Å². The van der Waals surface area contributed by atoms with E-state index in [2.05, 4.69) is 21.2 Å². The van der Waals surface area contributed by atoms with E-state index in [1.165, 1.54) is 0 Å². The van der Waals surface area contributed by atoms with Crippen molar-refractivity contribution in [1.82, 2.24) is 4.90 Å². The van der Waals surface area contributed by atoms with Gasteiger partial charge in [-0.1, -0.05) is 15.9 Å². The predicted molar refractivity (Wildman–Crippen MR) is 75.4 cm³/mol. The highest BCUT2D eigenvalue weighted by atomic mass is 79.9. The number of halogens is 1. The SMILES string of the molecule is Cc1cc(NC(=O)C(C)N(C)C)cc(C)c1Br. The zero-order chi connectivity index (χ0) is 13.2. The highest BCUT2D eigenvalue weighted by Gasteiger charge is 2.15. The monoisotopic (exact) mass is 298 g/mol. The van der Waals surface area contributed by atoms with E-state index in [1.54, 1.807) is 0 Å². The van der Waals surface area contributed by atoms with E-state index in [0.717, 1.165) is 21.3 Å². The van der Waals surface area contributed by atoms with Crippen LogP contribution in [0.1, 0.15) is 18.1 Å². The van der Waals surface area contributed by atoms with Gasteiger partial charge in [0, 0.05) is 10.2 Å². The first-order valence-electron chi connectivity index (χ1n) is 5.57. The maximum atomic E-state index is 11.9. The lowest BCUT2D eigenvalue weighted by atomic mass is 10.1. The second-order valence-corrected chi connectivity index (χ2v) is 5.35. The Balaban J connectivity index is 2.86. The molecule has 1 atom stereocenters. The molecule has 0 heterocycles. The lowest BCUT2D eigenvalue weighted by Gasteiger charge is -2.19. The van der Waals surface area contributed by atoms with E-state index in [-0.39, 0.29) is 11.9 Å². The van der Waals surface area contributed by atoms with Gasteiger partial charge in [0.25, 0.3) is 0 Å². The van der Waals surface area contributed by atoms with E-state index in [9.17, 15) is 4.79 Å². The number of amides is 1. The topological polar surface area (TPSA) is 32.3 Å². The highest BCUT2D eigenvalue weighted by molar-refractivity contribution is 9.10. The Kier molecular flexibility index (Phi) is 4.71. The molecule has 1 unspecified atom stereocenters. The minimum atomic E-state index is -0.140. The Bertz CT molecular complexity index is 406. The summed E-state index contributed by atoms with van der Waals surface area (Å²) in [5.74, 6) is 0.0103. The van der Waals surface area contributed by atoms with E-state index >= 15 is 0 Å². The zero-order valence-corrected chi connectivity index (χ0v) is 12.6. The molecular weight excluding hydrogens is 280 g/mol. The van der Waals surface area contributed by atoms with Crippen LogP contribution in [0.15, 0.2) is 16.6 Å². The van der Waals surface area contributed by atoms with Gasteiger partial charge in [-0.2, -0.15) is 0 Å². The zero-order valence-electron chi connectivity index (χ0n) is 11.0. The van der Waals surface area contributed by atoms with Crippen molar-refractivity contribution in [2.45, 2.75) is 26.8 Å². The number of hydrogen-bond acceptors (Lipinski definition) is 2. The molecule has 0 aliphatic rings. The number of nitrogens with one attached hydrogen (secondary N) is 1. The maximum absolute atomic E-state index is 11.9. The fraction of sp³-hybridized carbons (Fsp3) is 0.462. The van der Waals surface area contributed by atoms with Crippen LogP contribution in [0.4, 0.5) is 5.69 Å². The van der Waals surface area contributed by atoms with Gasteiger partial charge in [0.2, 0.25) is 5.91 Å². The average Bonchev–Trinajstić information content (AvgIpc) is 2.24. The average molecular weight is 299 g/mol. The number of anilines is 1. The van der Waals surface area contributed by atoms with E-state index in [4.69, 9.17) is 0 Å². The maximum Gasteiger partial charge on any atom is 0.241 e. The highest BCUT2D eigenvalue weighted by Crippen LogP contribution is 2.25. The number of benzene rings is 1. The van der Waals surface area contributed by atoms with Crippen molar-refractivity contribution in [2.75, 3.05) is 19.4 Å². The van der Waals surface area contributed by atoms with Gasteiger partial charge in [0.05, 0.1) is 6.04 Å². The summed E-state index contributed by atoms with van der Waals surface area (Å²) < 4.78 is 1.09. The van der Waals surface area contributed by atoms with Gasteiger partial charge in [0.1, 0.15) is 0 Å². The first-order valence-corrected chi connectivity index (χ1v) is 6.36. The Morgan fingerprint density at radius 3 is 2.18 bits per heavy atom. The van der Waals surface area contributed by atoms with Gasteiger partial charge in [-0.05, 0) is 58.1 Å². The normalized spacial score (nSPS) is 12.6. The molecular formula is C13H19BrN2O. The minimum absolute atomic E-state index is 0.0103. The molecule has 4 heteroatoms. The Hall–Kier alpha value is -0.870. The van der Waals surface area contributed by atoms with E-state index < -0.39 is 0 Å². The molecule has 1 aromatic rings. The molecule has 0 aliphatic heterocycles. The molecule has 1 aromatic carbocycles. The van der Waals surface area contributed by atoms with Crippen LogP contribution in [0.25, 0.3) is 0 Å². The summed E-state index contributed by atoms with van der Waals surface area (Å²) in [5.41, 5.74) is 3.09. The molecule has 94 valence electrons. The summed E-state index contributed by atoms with van der Waals surface area (Å²) in [6.45, 7) is 5.91. The molecule has 0 saturated heterocycles. The summed E-state index contributed by atoms with van der Waals surface area (Å²) >= 11 is 3.51. The van der Waals surface area contributed by atoms with Crippen molar-refractivity contribution in [1.29, 1.82) is 0 Å². The summed E-state index contributed by atoms with van der Waals surface area (Å²) in [6, 6.07) is 3.80. The van der Waals surface area contributed by atoms with E-state index in [1.807, 2.05) is 51.9 Å². The molecule has 17 heavy (non-hydrogen) atoms. The van der Waals surface area contributed by atoms with Gasteiger partial charge >= 0.3 is 0 Å². The van der Waals surface area contributed by atoms with E-state index in [0.29, 0.717) is 0 Å². The van der Waals surface area contributed by atoms with Crippen LogP contribution in [-0.4, -0.2) is 30.9 Å². The van der Waals surface area contributed by atoms with Crippen LogP contribution >= 0.6 is 15.9 Å². The third-order valence-electron chi connectivity index (χ3n) is 2.86. The van der Waals surface area contributed by atoms with Crippen LogP contribution in [-0.2, 0) is 4.79 Å². The van der Waals surface area contributed by atoms with Crippen molar-refractivity contribution in [3.05, 3.63) is 27.7 Å². The van der Waals surface area contributed by atoms with Crippen molar-refractivity contribution in [3.63, 3.8) is 0 Å². The van der Waals surface area contributed by atoms with Crippen LogP contribution < -0.4 is 5.32 Å². The molecule has 1 amide bonds. The molecule has 1 N–H and O–H groups in total. The van der Waals surface area contributed by atoms with Crippen LogP contribution in [0.3, 0.4) is 0 Å². The lowest BCUT2D eigenvalue weighted by molar-refractivity contribution is -0.119. The van der Waals surface area contributed by atoms with Gasteiger partial charge in [-0.15, -0.1) is 0 Å². The van der Waals surface area contributed by atoms with Crippen molar-refractivity contribution >= 4 is 27.5 Å². The fourth-order valence-electron chi connectivity index (χ4n) is 1.50. The summed E-state index contributed by atoms with van der Waals surface area (Å²) in [7, 11) is 3.78.